The number of likely N-dealkylation sites (tertiary alicyclic amines) is 1. The number of nitrogens with zero attached hydrogens (tertiary/aromatic N) is 2. The fraction of sp³-hybridized carbons (Fsp3) is 0.483. The van der Waals surface area contributed by atoms with Crippen LogP contribution in [-0.4, -0.2) is 71.7 Å². The highest BCUT2D eigenvalue weighted by atomic mass is 16.5. The second kappa shape index (κ2) is 10.7. The highest BCUT2D eigenvalue weighted by molar-refractivity contribution is 6.03. The predicted molar refractivity (Wildman–Crippen MR) is 143 cm³/mol. The smallest absolute Gasteiger partial charge is 0.250 e. The normalized spacial score (nSPS) is 27.3. The molecule has 3 heterocycles. The van der Waals surface area contributed by atoms with Gasteiger partial charge >= 0.3 is 0 Å². The van der Waals surface area contributed by atoms with Gasteiger partial charge in [0, 0.05) is 37.6 Å². The number of hydrogen-bond acceptors (Lipinski definition) is 6. The number of hydrogen-bond donors (Lipinski definition) is 3. The van der Waals surface area contributed by atoms with E-state index in [-0.39, 0.29) is 30.9 Å². The lowest BCUT2D eigenvalue weighted by Gasteiger charge is -2.33. The van der Waals surface area contributed by atoms with Gasteiger partial charge in [-0.05, 0) is 56.5 Å². The molecule has 1 spiro atoms. The third-order valence-electron chi connectivity index (χ3n) is 8.27. The number of fused-ring (bicyclic) bond motifs is 1. The molecule has 2 bridgehead atoms. The van der Waals surface area contributed by atoms with Gasteiger partial charge in [-0.1, -0.05) is 30.3 Å². The molecule has 3 amide bonds. The molecule has 38 heavy (non-hydrogen) atoms. The third kappa shape index (κ3) is 4.43. The lowest BCUT2D eigenvalue weighted by molar-refractivity contribution is -0.141. The molecule has 0 aromatic heterocycles. The number of aliphatic hydroxyl groups is 1. The van der Waals surface area contributed by atoms with Crippen LogP contribution < -0.4 is 15.5 Å². The van der Waals surface area contributed by atoms with Crippen molar-refractivity contribution in [2.75, 3.05) is 36.5 Å². The topological polar surface area (TPSA) is 111 Å². The molecule has 2 unspecified atom stereocenters. The largest absolute Gasteiger partial charge is 0.395 e. The van der Waals surface area contributed by atoms with Crippen LogP contribution in [0.5, 0.6) is 0 Å². The van der Waals surface area contributed by atoms with E-state index in [4.69, 9.17) is 4.74 Å². The number of anilines is 2. The Kier molecular flexibility index (Phi) is 7.40. The average Bonchev–Trinajstić information content (AvgIpc) is 3.57. The van der Waals surface area contributed by atoms with E-state index in [1.54, 1.807) is 0 Å². The summed E-state index contributed by atoms with van der Waals surface area (Å²) in [6.45, 7) is 6.01. The summed E-state index contributed by atoms with van der Waals surface area (Å²) in [4.78, 5) is 44.3. The van der Waals surface area contributed by atoms with Crippen LogP contribution in [-0.2, 0) is 25.7 Å². The van der Waals surface area contributed by atoms with Crippen molar-refractivity contribution in [1.82, 2.24) is 10.2 Å². The minimum absolute atomic E-state index is 0.00243. The fourth-order valence-electron chi connectivity index (χ4n) is 6.56. The van der Waals surface area contributed by atoms with Gasteiger partial charge in [0.25, 0.3) is 0 Å². The molecule has 202 valence electrons. The van der Waals surface area contributed by atoms with Crippen LogP contribution >= 0.6 is 0 Å². The standard InChI is InChI=1S/C29H36N4O5/c1-3-32(4-2)21-12-10-20(11-13-21)31-27(36)25-29-15-14-22(38-29)23(24(29)28(37)33(25)16-17-34)26(35)30-18-19-8-6-5-7-9-19/h5-13,22-25,34H,3-4,14-18H2,1-2H3,(H,30,35)(H,31,36)/t22-,23+,24+,25?,29?/m1/s1. The summed E-state index contributed by atoms with van der Waals surface area (Å²) in [7, 11) is 0. The molecule has 0 aliphatic carbocycles. The first-order valence-corrected chi connectivity index (χ1v) is 13.5. The summed E-state index contributed by atoms with van der Waals surface area (Å²) in [6.07, 6.45) is 0.694. The number of carbonyl (C=O) groups excluding carboxylic acids is 3. The van der Waals surface area contributed by atoms with E-state index < -0.39 is 29.6 Å². The van der Waals surface area contributed by atoms with E-state index in [2.05, 4.69) is 29.4 Å². The molecule has 2 aromatic rings. The molecule has 3 aliphatic rings. The summed E-state index contributed by atoms with van der Waals surface area (Å²) in [5.41, 5.74) is 1.55. The van der Waals surface area contributed by atoms with Gasteiger partial charge in [0.2, 0.25) is 17.7 Å². The highest BCUT2D eigenvalue weighted by Crippen LogP contribution is 2.58. The molecule has 3 saturated heterocycles. The average molecular weight is 521 g/mol. The Morgan fingerprint density at radius 1 is 1.08 bits per heavy atom. The molecule has 2 aromatic carbocycles. The number of carbonyl (C=O) groups is 3. The molecular weight excluding hydrogens is 484 g/mol. The second-order valence-electron chi connectivity index (χ2n) is 10.2. The zero-order chi connectivity index (χ0) is 26.9. The molecule has 9 nitrogen and oxygen atoms in total. The summed E-state index contributed by atoms with van der Waals surface area (Å²) < 4.78 is 6.40. The number of aliphatic hydroxyl groups excluding tert-OH is 1. The van der Waals surface area contributed by atoms with E-state index in [0.717, 1.165) is 24.3 Å². The molecule has 5 atom stereocenters. The summed E-state index contributed by atoms with van der Waals surface area (Å²) >= 11 is 0. The molecule has 5 rings (SSSR count). The molecular formula is C29H36N4O5. The van der Waals surface area contributed by atoms with Crippen LogP contribution in [0, 0.1) is 11.8 Å². The van der Waals surface area contributed by atoms with Crippen molar-refractivity contribution in [3.05, 3.63) is 60.2 Å². The molecule has 3 aliphatic heterocycles. The molecule has 0 saturated carbocycles. The SMILES string of the molecule is CCN(CC)c1ccc(NC(=O)C2N(CCO)C(=O)[C@@H]3[C@@H](C(=O)NCc4ccccc4)[C@H]4CCC23O4)cc1. The maximum Gasteiger partial charge on any atom is 0.250 e. The van der Waals surface area contributed by atoms with Gasteiger partial charge in [-0.2, -0.15) is 0 Å². The van der Waals surface area contributed by atoms with E-state index in [9.17, 15) is 19.5 Å². The number of rotatable bonds is 10. The van der Waals surface area contributed by atoms with Gasteiger partial charge in [0.05, 0.1) is 24.5 Å². The van der Waals surface area contributed by atoms with Crippen LogP contribution in [0.4, 0.5) is 11.4 Å². The van der Waals surface area contributed by atoms with Gasteiger partial charge in [-0.15, -0.1) is 0 Å². The Hall–Kier alpha value is -3.43. The van der Waals surface area contributed by atoms with E-state index in [1.807, 2.05) is 54.6 Å². The Bertz CT molecular complexity index is 1170. The van der Waals surface area contributed by atoms with Crippen molar-refractivity contribution in [2.45, 2.75) is 51.0 Å². The summed E-state index contributed by atoms with van der Waals surface area (Å²) in [5, 5.41) is 15.7. The van der Waals surface area contributed by atoms with Gasteiger partial charge in [-0.3, -0.25) is 14.4 Å². The Labute approximate surface area is 223 Å². The van der Waals surface area contributed by atoms with Gasteiger partial charge in [-0.25, -0.2) is 0 Å². The number of ether oxygens (including phenoxy) is 1. The highest BCUT2D eigenvalue weighted by Gasteiger charge is 2.74. The van der Waals surface area contributed by atoms with E-state index in [0.29, 0.717) is 25.1 Å². The number of β-amino-alcohol motifs (C(OH)–C–C–N with tert-alkyl or cyclic N) is 1. The number of nitrogens with one attached hydrogen (secondary N) is 2. The van der Waals surface area contributed by atoms with Crippen LogP contribution in [0.25, 0.3) is 0 Å². The molecule has 0 radical (unpaired) electrons. The quantitative estimate of drug-likeness (QED) is 0.443. The van der Waals surface area contributed by atoms with Crippen molar-refractivity contribution >= 4 is 29.1 Å². The van der Waals surface area contributed by atoms with Crippen molar-refractivity contribution < 1.29 is 24.2 Å². The zero-order valence-corrected chi connectivity index (χ0v) is 21.9. The van der Waals surface area contributed by atoms with Gasteiger partial charge < -0.3 is 30.3 Å². The van der Waals surface area contributed by atoms with Crippen molar-refractivity contribution in [2.24, 2.45) is 11.8 Å². The monoisotopic (exact) mass is 520 g/mol. The second-order valence-corrected chi connectivity index (χ2v) is 10.2. The fourth-order valence-corrected chi connectivity index (χ4v) is 6.56. The van der Waals surface area contributed by atoms with Crippen LogP contribution in [0.1, 0.15) is 32.3 Å². The van der Waals surface area contributed by atoms with E-state index in [1.165, 1.54) is 4.90 Å². The number of benzene rings is 2. The first-order valence-electron chi connectivity index (χ1n) is 13.5. The minimum atomic E-state index is -1.09. The van der Waals surface area contributed by atoms with Crippen LogP contribution in [0.2, 0.25) is 0 Å². The molecule has 3 N–H and O–H groups in total. The van der Waals surface area contributed by atoms with Crippen molar-refractivity contribution in [3.8, 4) is 0 Å². The van der Waals surface area contributed by atoms with Crippen molar-refractivity contribution in [1.29, 1.82) is 0 Å². The molecule has 3 fully saturated rings. The van der Waals surface area contributed by atoms with E-state index >= 15 is 0 Å². The van der Waals surface area contributed by atoms with Gasteiger partial charge in [0.1, 0.15) is 11.6 Å². The van der Waals surface area contributed by atoms with Gasteiger partial charge in [0.15, 0.2) is 0 Å². The lowest BCUT2D eigenvalue weighted by atomic mass is 9.70. The minimum Gasteiger partial charge on any atom is -0.395 e. The van der Waals surface area contributed by atoms with Crippen molar-refractivity contribution in [3.63, 3.8) is 0 Å². The lowest BCUT2D eigenvalue weighted by Crippen LogP contribution is -2.53. The number of amides is 3. The Morgan fingerprint density at radius 3 is 2.45 bits per heavy atom. The van der Waals surface area contributed by atoms with Crippen LogP contribution in [0.15, 0.2) is 54.6 Å². The first kappa shape index (κ1) is 26.2. The maximum atomic E-state index is 13.7. The summed E-state index contributed by atoms with van der Waals surface area (Å²) in [5.74, 6) is -2.35. The third-order valence-corrected chi connectivity index (χ3v) is 8.27. The molecule has 9 heteroatoms. The Morgan fingerprint density at radius 2 is 1.79 bits per heavy atom. The van der Waals surface area contributed by atoms with Crippen LogP contribution in [0.3, 0.4) is 0 Å². The Balaban J connectivity index is 1.36. The zero-order valence-electron chi connectivity index (χ0n) is 21.9. The first-order chi connectivity index (χ1) is 18.4. The predicted octanol–water partition coefficient (Wildman–Crippen LogP) is 2.15. The summed E-state index contributed by atoms with van der Waals surface area (Å²) in [6, 6.07) is 16.3. The maximum absolute atomic E-state index is 13.7.